The van der Waals surface area contributed by atoms with Gasteiger partial charge in [0.25, 0.3) is 5.91 Å². The van der Waals surface area contributed by atoms with E-state index in [9.17, 15) is 18.0 Å². The number of hydrogen-bond donors (Lipinski definition) is 3. The van der Waals surface area contributed by atoms with Gasteiger partial charge in [-0.3, -0.25) is 9.63 Å². The van der Waals surface area contributed by atoms with Gasteiger partial charge in [0.1, 0.15) is 5.84 Å². The summed E-state index contributed by atoms with van der Waals surface area (Å²) in [5.74, 6) is -0.110. The molecule has 1 aliphatic heterocycles. The van der Waals surface area contributed by atoms with Crippen LogP contribution in [0, 0.1) is 0 Å². The van der Waals surface area contributed by atoms with Crippen LogP contribution in [0.3, 0.4) is 0 Å². The van der Waals surface area contributed by atoms with Crippen LogP contribution in [0.1, 0.15) is 32.3 Å². The number of carboxylic acid groups (broad SMARTS) is 1. The Labute approximate surface area is 366 Å². The second-order valence-corrected chi connectivity index (χ2v) is 15.2. The summed E-state index contributed by atoms with van der Waals surface area (Å²) in [5.41, 5.74) is 7.48. The SMILES string of the molecule is CCCN(OCC)C(=O)C1=Cc2ccc(S(=O)(=O)N(C)CCOCCOCCOCCOCCOCCOCCOCCOCCOCCOCCNC(=O)O)cc2N=C(N)C1. The van der Waals surface area contributed by atoms with Crippen molar-refractivity contribution >= 4 is 39.6 Å². The maximum atomic E-state index is 13.3. The van der Waals surface area contributed by atoms with Gasteiger partial charge in [-0.25, -0.2) is 23.3 Å². The predicted octanol–water partition coefficient (Wildman–Crippen LogP) is 1.71. The van der Waals surface area contributed by atoms with Gasteiger partial charge in [-0.1, -0.05) is 13.0 Å². The topological polar surface area (TPSA) is 247 Å². The summed E-state index contributed by atoms with van der Waals surface area (Å²) in [6.45, 7) is 12.9. The number of aliphatic imine (C=N–C) groups is 1. The summed E-state index contributed by atoms with van der Waals surface area (Å²) in [6.07, 6.45) is 1.43. The molecule has 0 unspecified atom stereocenters. The number of carbonyl (C=O) groups excluding carboxylic acids is 1. The summed E-state index contributed by atoms with van der Waals surface area (Å²) in [6, 6.07) is 4.56. The summed E-state index contributed by atoms with van der Waals surface area (Å²) in [4.78, 5) is 33.4. The molecule has 2 rings (SSSR count). The van der Waals surface area contributed by atoms with E-state index >= 15 is 0 Å². The minimum Gasteiger partial charge on any atom is -0.465 e. The van der Waals surface area contributed by atoms with Gasteiger partial charge in [-0.2, -0.15) is 4.31 Å². The fourth-order valence-corrected chi connectivity index (χ4v) is 6.39. The van der Waals surface area contributed by atoms with Crippen LogP contribution in [0.4, 0.5) is 10.5 Å². The molecule has 0 atom stereocenters. The number of nitrogens with one attached hydrogen (secondary N) is 1. The van der Waals surface area contributed by atoms with Gasteiger partial charge in [-0.15, -0.1) is 0 Å². The number of rotatable bonds is 40. The number of nitrogens with two attached hydrogens (primary N) is 1. The van der Waals surface area contributed by atoms with Crippen molar-refractivity contribution in [2.45, 2.75) is 31.6 Å². The van der Waals surface area contributed by atoms with E-state index in [1.165, 1.54) is 28.5 Å². The molecule has 1 aromatic carbocycles. The zero-order chi connectivity index (χ0) is 45.1. The molecule has 1 aromatic rings. The number of amidine groups is 1. The summed E-state index contributed by atoms with van der Waals surface area (Å²) in [5, 5.41) is 12.0. The average Bonchev–Trinajstić information content (AvgIpc) is 3.42. The average molecular weight is 908 g/mol. The van der Waals surface area contributed by atoms with Gasteiger partial charge in [0.05, 0.1) is 149 Å². The number of sulfonamides is 1. The van der Waals surface area contributed by atoms with E-state index in [4.69, 9.17) is 63.0 Å². The van der Waals surface area contributed by atoms with Crippen molar-refractivity contribution in [2.24, 2.45) is 10.7 Å². The second kappa shape index (κ2) is 35.0. The number of hydrogen-bond acceptors (Lipinski definition) is 17. The number of carbonyl (C=O) groups is 2. The molecule has 22 heteroatoms. The van der Waals surface area contributed by atoms with Crippen molar-refractivity contribution in [3.05, 3.63) is 29.3 Å². The first-order valence-corrected chi connectivity index (χ1v) is 22.4. The zero-order valence-electron chi connectivity index (χ0n) is 36.6. The van der Waals surface area contributed by atoms with Crippen molar-refractivity contribution < 1.29 is 75.3 Å². The Hall–Kier alpha value is -3.36. The zero-order valence-corrected chi connectivity index (χ0v) is 37.4. The maximum absolute atomic E-state index is 13.3. The fraction of sp³-hybridized carbons (Fsp3) is 0.725. The van der Waals surface area contributed by atoms with Crippen molar-refractivity contribution in [3.63, 3.8) is 0 Å². The lowest BCUT2D eigenvalue weighted by Crippen LogP contribution is -2.34. The number of benzene rings is 1. The Kier molecular flexibility index (Phi) is 31.0. The van der Waals surface area contributed by atoms with Gasteiger partial charge in [0.2, 0.25) is 10.0 Å². The van der Waals surface area contributed by atoms with Crippen molar-refractivity contribution in [3.8, 4) is 0 Å². The smallest absolute Gasteiger partial charge is 0.404 e. The molecule has 1 aliphatic rings. The van der Waals surface area contributed by atoms with Crippen LogP contribution in [0.15, 0.2) is 33.7 Å². The third-order valence-corrected chi connectivity index (χ3v) is 10.2. The van der Waals surface area contributed by atoms with Crippen molar-refractivity contribution in [1.29, 1.82) is 0 Å². The van der Waals surface area contributed by atoms with Gasteiger partial charge < -0.3 is 63.5 Å². The van der Waals surface area contributed by atoms with E-state index in [2.05, 4.69) is 10.3 Å². The van der Waals surface area contributed by atoms with E-state index in [0.717, 1.165) is 6.42 Å². The normalized spacial score (nSPS) is 12.8. The Morgan fingerprint density at radius 3 is 1.55 bits per heavy atom. The first-order chi connectivity index (χ1) is 30.1. The lowest BCUT2D eigenvalue weighted by atomic mass is 10.1. The van der Waals surface area contributed by atoms with Gasteiger partial charge in [0.15, 0.2) is 0 Å². The number of fused-ring (bicyclic) bond motifs is 1. The minimum absolute atomic E-state index is 0.0505. The van der Waals surface area contributed by atoms with Gasteiger partial charge >= 0.3 is 6.09 Å². The van der Waals surface area contributed by atoms with Crippen LogP contribution < -0.4 is 11.1 Å². The first-order valence-electron chi connectivity index (χ1n) is 20.9. The first kappa shape index (κ1) is 54.8. The molecule has 0 aliphatic carbocycles. The Bertz CT molecular complexity index is 1530. The molecule has 356 valence electrons. The molecule has 0 saturated carbocycles. The molecular weight excluding hydrogens is 839 g/mol. The molecule has 0 radical (unpaired) electrons. The van der Waals surface area contributed by atoms with Gasteiger partial charge in [-0.05, 0) is 31.6 Å². The third kappa shape index (κ3) is 25.1. The molecule has 2 amide bonds. The van der Waals surface area contributed by atoms with E-state index in [0.29, 0.717) is 156 Å². The molecule has 0 aromatic heterocycles. The summed E-state index contributed by atoms with van der Waals surface area (Å²) < 4.78 is 82.3. The largest absolute Gasteiger partial charge is 0.465 e. The summed E-state index contributed by atoms with van der Waals surface area (Å²) >= 11 is 0. The summed E-state index contributed by atoms with van der Waals surface area (Å²) in [7, 11) is -2.38. The Morgan fingerprint density at radius 2 is 1.13 bits per heavy atom. The van der Waals surface area contributed by atoms with E-state index in [1.807, 2.05) is 6.92 Å². The van der Waals surface area contributed by atoms with E-state index in [1.54, 1.807) is 19.1 Å². The molecule has 0 fully saturated rings. The fourth-order valence-electron chi connectivity index (χ4n) is 5.22. The Morgan fingerprint density at radius 1 is 0.694 bits per heavy atom. The highest BCUT2D eigenvalue weighted by Crippen LogP contribution is 2.30. The second-order valence-electron chi connectivity index (χ2n) is 13.2. The molecule has 62 heavy (non-hydrogen) atoms. The lowest BCUT2D eigenvalue weighted by Gasteiger charge is -2.21. The molecule has 0 spiro atoms. The monoisotopic (exact) mass is 907 g/mol. The highest BCUT2D eigenvalue weighted by molar-refractivity contribution is 7.89. The lowest BCUT2D eigenvalue weighted by molar-refractivity contribution is -0.180. The van der Waals surface area contributed by atoms with Crippen LogP contribution in [0.25, 0.3) is 6.08 Å². The highest BCUT2D eigenvalue weighted by atomic mass is 32.2. The molecule has 0 saturated heterocycles. The molecule has 1 heterocycles. The minimum atomic E-state index is -3.85. The van der Waals surface area contributed by atoms with Crippen LogP contribution in [-0.2, 0) is 67.0 Å². The Balaban J connectivity index is 1.39. The maximum Gasteiger partial charge on any atom is 0.404 e. The number of amides is 2. The number of likely N-dealkylation sites (N-methyl/N-ethyl adjacent to an activating group) is 1. The molecular formula is C40H69N5O16S. The molecule has 0 bridgehead atoms. The molecule has 21 nitrogen and oxygen atoms in total. The number of ether oxygens (including phenoxy) is 10. The van der Waals surface area contributed by atoms with Crippen LogP contribution >= 0.6 is 0 Å². The number of hydroxylamine groups is 2. The van der Waals surface area contributed by atoms with Crippen molar-refractivity contribution in [1.82, 2.24) is 14.7 Å². The predicted molar refractivity (Wildman–Crippen MR) is 228 cm³/mol. The highest BCUT2D eigenvalue weighted by Gasteiger charge is 2.25. The third-order valence-electron chi connectivity index (χ3n) is 8.31. The van der Waals surface area contributed by atoms with Gasteiger partial charge in [0, 0.05) is 44.2 Å². The number of nitrogens with zero attached hydrogens (tertiary/aromatic N) is 3. The molecule has 4 N–H and O–H groups in total. The van der Waals surface area contributed by atoms with E-state index in [-0.39, 0.29) is 42.8 Å². The van der Waals surface area contributed by atoms with Crippen molar-refractivity contribution in [2.75, 3.05) is 165 Å². The quantitative estimate of drug-likeness (QED) is 0.0627. The standard InChI is InChI=1S/C40H69N5O16S/c1-4-9-45(61-5-2)39(46)35-31-34-6-7-36(33-37(34)43-38(41)32-35)62(49,50)44(3)10-12-52-14-16-54-18-20-56-22-24-58-26-28-60-30-29-59-27-25-57-23-21-55-19-17-53-15-13-51-11-8-42-40(47)48/h6-7,31,33,42H,4-5,8-30,32H2,1-3H3,(H2,41,43)(H,47,48). The van der Waals surface area contributed by atoms with Crippen LogP contribution in [0.2, 0.25) is 0 Å². The van der Waals surface area contributed by atoms with Crippen LogP contribution in [0.5, 0.6) is 0 Å². The van der Waals surface area contributed by atoms with Crippen LogP contribution in [-0.4, -0.2) is 206 Å². The van der Waals surface area contributed by atoms with E-state index < -0.39 is 16.1 Å².